The highest BCUT2D eigenvalue weighted by Crippen LogP contribution is 2.70. The van der Waals surface area contributed by atoms with Crippen LogP contribution in [0.5, 0.6) is 0 Å². The molecule has 248 valence electrons. The van der Waals surface area contributed by atoms with Crippen LogP contribution >= 0.6 is 15.9 Å². The molecule has 0 spiro atoms. The predicted molar refractivity (Wildman–Crippen MR) is 187 cm³/mol. The first-order valence-electron chi connectivity index (χ1n) is 18.9. The molecule has 5 aliphatic rings. The maximum absolute atomic E-state index is 7.07. The zero-order chi connectivity index (χ0) is 31.1. The van der Waals surface area contributed by atoms with Gasteiger partial charge in [-0.05, 0) is 160 Å². The molecule has 4 saturated carbocycles. The number of nitrogens with zero attached hydrogens (tertiary/aromatic N) is 1. The fourth-order valence-corrected chi connectivity index (χ4v) is 12.4. The lowest BCUT2D eigenvalue weighted by Crippen LogP contribution is -2.54. The van der Waals surface area contributed by atoms with Crippen LogP contribution in [0.2, 0.25) is 0 Å². The van der Waals surface area contributed by atoms with Crippen molar-refractivity contribution in [2.24, 2.45) is 52.3 Å². The molecule has 1 aliphatic heterocycles. The van der Waals surface area contributed by atoms with Crippen molar-refractivity contribution in [1.82, 2.24) is 4.90 Å². The first-order chi connectivity index (χ1) is 21.2. The summed E-state index contributed by atoms with van der Waals surface area (Å²) in [5.41, 5.74) is 2.29. The molecule has 0 bridgehead atoms. The number of fused-ring (bicyclic) bond motifs is 7. The Morgan fingerprint density at radius 1 is 0.955 bits per heavy atom. The van der Waals surface area contributed by atoms with Gasteiger partial charge in [0.25, 0.3) is 0 Å². The van der Waals surface area contributed by atoms with E-state index >= 15 is 0 Å². The van der Waals surface area contributed by atoms with Crippen LogP contribution in [0.4, 0.5) is 0 Å². The van der Waals surface area contributed by atoms with Gasteiger partial charge in [-0.15, -0.1) is 0 Å². The molecular formula is C40H64BrNO2. The Balaban J connectivity index is 1.03. The number of halogens is 1. The largest absolute Gasteiger partial charge is 0.374 e. The quantitative estimate of drug-likeness (QED) is 0.221. The van der Waals surface area contributed by atoms with E-state index < -0.39 is 0 Å². The van der Waals surface area contributed by atoms with E-state index in [0.29, 0.717) is 35.1 Å². The van der Waals surface area contributed by atoms with Crippen molar-refractivity contribution in [3.63, 3.8) is 0 Å². The Hall–Kier alpha value is -0.420. The van der Waals surface area contributed by atoms with Crippen molar-refractivity contribution in [1.29, 1.82) is 0 Å². The summed E-state index contributed by atoms with van der Waals surface area (Å²) in [4.78, 5) is 2.70. The molecule has 1 saturated heterocycles. The summed E-state index contributed by atoms with van der Waals surface area (Å²) in [5, 5.41) is 0. The lowest BCUT2D eigenvalue weighted by atomic mass is 9.44. The van der Waals surface area contributed by atoms with Crippen molar-refractivity contribution in [2.75, 3.05) is 19.6 Å². The summed E-state index contributed by atoms with van der Waals surface area (Å²) >= 11 is 3.56. The van der Waals surface area contributed by atoms with E-state index in [9.17, 15) is 0 Å². The van der Waals surface area contributed by atoms with Gasteiger partial charge < -0.3 is 14.4 Å². The lowest BCUT2D eigenvalue weighted by Gasteiger charge is -2.61. The first-order valence-corrected chi connectivity index (χ1v) is 19.7. The summed E-state index contributed by atoms with van der Waals surface area (Å²) in [7, 11) is 0. The summed E-state index contributed by atoms with van der Waals surface area (Å²) in [6.45, 7) is 19.6. The SMILES string of the molecule is CCCN(CCC)C[C@@H](C)CC[C@H]1O[C@H]2C[C@H]3[C@@H]4CC[C@@H]5C[C@@H](OCc6ccc(Br)cc6)CC[C@]5(C)[C@H]4CC[C@]3(C)[C@H]2[C@@H]1C. The van der Waals surface area contributed by atoms with Crippen LogP contribution in [0.15, 0.2) is 28.7 Å². The smallest absolute Gasteiger partial charge is 0.0720 e. The molecule has 3 nitrogen and oxygen atoms in total. The second-order valence-electron chi connectivity index (χ2n) is 16.9. The predicted octanol–water partition coefficient (Wildman–Crippen LogP) is 10.5. The van der Waals surface area contributed by atoms with E-state index in [0.717, 1.165) is 46.6 Å². The van der Waals surface area contributed by atoms with Crippen molar-refractivity contribution >= 4 is 15.9 Å². The molecular weight excluding hydrogens is 606 g/mol. The number of hydrogen-bond acceptors (Lipinski definition) is 3. The molecule has 0 N–H and O–H groups in total. The maximum atomic E-state index is 7.07. The van der Waals surface area contributed by atoms with Gasteiger partial charge in [0.05, 0.1) is 24.9 Å². The highest BCUT2D eigenvalue weighted by molar-refractivity contribution is 9.10. The zero-order valence-electron chi connectivity index (χ0n) is 29.0. The van der Waals surface area contributed by atoms with Crippen LogP contribution in [0.3, 0.4) is 0 Å². The van der Waals surface area contributed by atoms with Gasteiger partial charge in [-0.3, -0.25) is 0 Å². The topological polar surface area (TPSA) is 21.7 Å². The van der Waals surface area contributed by atoms with Crippen LogP contribution in [-0.4, -0.2) is 42.8 Å². The average Bonchev–Trinajstić information content (AvgIpc) is 3.48. The van der Waals surface area contributed by atoms with Crippen molar-refractivity contribution in [2.45, 2.75) is 144 Å². The second kappa shape index (κ2) is 14.0. The molecule has 4 heteroatoms. The van der Waals surface area contributed by atoms with Gasteiger partial charge in [0.2, 0.25) is 0 Å². The summed E-state index contributed by atoms with van der Waals surface area (Å²) in [6.07, 6.45) is 17.5. The van der Waals surface area contributed by atoms with Crippen LogP contribution in [0, 0.1) is 52.3 Å². The third kappa shape index (κ3) is 6.51. The Bertz CT molecular complexity index is 1070. The molecule has 0 unspecified atom stereocenters. The fraction of sp³-hybridized carbons (Fsp3) is 0.850. The standard InChI is InChI=1S/C40H64BrNO2/c1-7-21-42(22-8-2)25-27(3)9-16-36-28(4)38-37(44-36)24-35-33-15-12-30-23-32(43-26-29-10-13-31(41)14-11-29)17-19-39(30,5)34(33)18-20-40(35,38)6/h10-11,13-14,27-28,30,32-38H,7-9,12,15-26H2,1-6H3/t27-,28+,30+,32-,33+,34-,35-,36+,37-,38-,39-,40-/m0/s1. The minimum atomic E-state index is 0.434. The van der Waals surface area contributed by atoms with E-state index in [2.05, 4.69) is 86.6 Å². The van der Waals surface area contributed by atoms with E-state index in [4.69, 9.17) is 9.47 Å². The van der Waals surface area contributed by atoms with Gasteiger partial charge in [-0.25, -0.2) is 0 Å². The second-order valence-corrected chi connectivity index (χ2v) is 17.8. The Morgan fingerprint density at radius 3 is 2.41 bits per heavy atom. The highest BCUT2D eigenvalue weighted by atomic mass is 79.9. The number of benzene rings is 1. The molecule has 6 rings (SSSR count). The van der Waals surface area contributed by atoms with Gasteiger partial charge in [-0.1, -0.05) is 69.6 Å². The van der Waals surface area contributed by atoms with Gasteiger partial charge in [0.15, 0.2) is 0 Å². The van der Waals surface area contributed by atoms with Crippen molar-refractivity contribution in [3.8, 4) is 0 Å². The highest BCUT2D eigenvalue weighted by Gasteiger charge is 2.65. The zero-order valence-corrected chi connectivity index (χ0v) is 30.6. The molecule has 5 fully saturated rings. The summed E-state index contributed by atoms with van der Waals surface area (Å²) < 4.78 is 14.7. The van der Waals surface area contributed by atoms with Gasteiger partial charge in [-0.2, -0.15) is 0 Å². The third-order valence-electron chi connectivity index (χ3n) is 14.2. The van der Waals surface area contributed by atoms with Crippen LogP contribution < -0.4 is 0 Å². The molecule has 0 aromatic heterocycles. The lowest BCUT2D eigenvalue weighted by molar-refractivity contribution is -0.139. The Labute approximate surface area is 279 Å². The molecule has 1 heterocycles. The van der Waals surface area contributed by atoms with Crippen molar-refractivity contribution < 1.29 is 9.47 Å². The number of hydrogen-bond donors (Lipinski definition) is 0. The molecule has 1 aromatic carbocycles. The van der Waals surface area contributed by atoms with Crippen molar-refractivity contribution in [3.05, 3.63) is 34.3 Å². The molecule has 4 aliphatic carbocycles. The van der Waals surface area contributed by atoms with Crippen LogP contribution in [0.25, 0.3) is 0 Å². The minimum Gasteiger partial charge on any atom is -0.374 e. The summed E-state index contributed by atoms with van der Waals surface area (Å²) in [6, 6.07) is 8.66. The van der Waals surface area contributed by atoms with Gasteiger partial charge in [0.1, 0.15) is 0 Å². The van der Waals surface area contributed by atoms with Crippen LogP contribution in [0.1, 0.15) is 124 Å². The Kier molecular flexibility index (Phi) is 10.6. The Morgan fingerprint density at radius 2 is 1.68 bits per heavy atom. The van der Waals surface area contributed by atoms with Gasteiger partial charge >= 0.3 is 0 Å². The van der Waals surface area contributed by atoms with E-state index in [1.165, 1.54) is 102 Å². The van der Waals surface area contributed by atoms with E-state index in [1.54, 1.807) is 0 Å². The molecule has 1 aromatic rings. The number of rotatable bonds is 12. The molecule has 0 amide bonds. The molecule has 44 heavy (non-hydrogen) atoms. The fourth-order valence-electron chi connectivity index (χ4n) is 12.1. The molecule has 12 atom stereocenters. The maximum Gasteiger partial charge on any atom is 0.0720 e. The summed E-state index contributed by atoms with van der Waals surface area (Å²) in [5.74, 6) is 5.79. The molecule has 0 radical (unpaired) electrons. The third-order valence-corrected chi connectivity index (χ3v) is 14.7. The van der Waals surface area contributed by atoms with Gasteiger partial charge in [0, 0.05) is 11.0 Å². The van der Waals surface area contributed by atoms with Crippen LogP contribution in [-0.2, 0) is 16.1 Å². The minimum absolute atomic E-state index is 0.434. The first kappa shape index (κ1) is 33.5. The van der Waals surface area contributed by atoms with E-state index in [1.807, 2.05) is 0 Å². The normalized spacial score (nSPS) is 42.0. The monoisotopic (exact) mass is 669 g/mol. The van der Waals surface area contributed by atoms with E-state index in [-0.39, 0.29) is 0 Å². The number of ether oxygens (including phenoxy) is 2. The average molecular weight is 671 g/mol.